The Hall–Kier alpha value is -2.21. The maximum atomic E-state index is 12.0. The summed E-state index contributed by atoms with van der Waals surface area (Å²) in [7, 11) is 1.84. The Morgan fingerprint density at radius 3 is 2.96 bits per heavy atom. The minimum Gasteiger partial charge on any atom is -0.326 e. The molecule has 24 heavy (non-hydrogen) atoms. The molecule has 0 spiro atoms. The topological polar surface area (TPSA) is 71.8 Å². The van der Waals surface area contributed by atoms with E-state index in [0.29, 0.717) is 13.0 Å². The average Bonchev–Trinajstić information content (AvgIpc) is 2.83. The van der Waals surface area contributed by atoms with Crippen molar-refractivity contribution in [1.29, 1.82) is 0 Å². The number of anilines is 1. The molecule has 1 aliphatic heterocycles. The molecule has 2 aromatic rings. The normalized spacial score (nSPS) is 14.1. The van der Waals surface area contributed by atoms with Gasteiger partial charge in [0.15, 0.2) is 5.82 Å². The highest BCUT2D eigenvalue weighted by molar-refractivity contribution is 5.92. The van der Waals surface area contributed by atoms with Crippen LogP contribution in [0.1, 0.15) is 37.1 Å². The summed E-state index contributed by atoms with van der Waals surface area (Å²) in [6, 6.07) is 6.09. The van der Waals surface area contributed by atoms with E-state index in [9.17, 15) is 4.79 Å². The zero-order valence-electron chi connectivity index (χ0n) is 14.4. The van der Waals surface area contributed by atoms with Crippen molar-refractivity contribution in [2.24, 2.45) is 0 Å². The Balaban J connectivity index is 1.86. The van der Waals surface area contributed by atoms with Crippen LogP contribution >= 0.6 is 0 Å². The highest BCUT2D eigenvalue weighted by atomic mass is 16.1. The van der Waals surface area contributed by atoms with E-state index >= 15 is 0 Å². The van der Waals surface area contributed by atoms with E-state index in [1.807, 2.05) is 26.1 Å². The quantitative estimate of drug-likeness (QED) is 0.885. The number of amides is 1. The summed E-state index contributed by atoms with van der Waals surface area (Å²) in [5.41, 5.74) is 2.90. The fourth-order valence-corrected chi connectivity index (χ4v) is 3.05. The Labute approximate surface area is 142 Å². The van der Waals surface area contributed by atoms with Crippen molar-refractivity contribution in [2.75, 3.05) is 18.9 Å². The fourth-order valence-electron chi connectivity index (χ4n) is 3.05. The molecule has 6 heteroatoms. The number of hydrogen-bond donors (Lipinski definition) is 2. The first-order valence-corrected chi connectivity index (χ1v) is 8.66. The molecule has 0 radical (unpaired) electrons. The van der Waals surface area contributed by atoms with Gasteiger partial charge in [0, 0.05) is 37.2 Å². The Morgan fingerprint density at radius 1 is 1.25 bits per heavy atom. The summed E-state index contributed by atoms with van der Waals surface area (Å²) in [5, 5.41) is 14.8. The van der Waals surface area contributed by atoms with Gasteiger partial charge in [0.1, 0.15) is 5.82 Å². The molecule has 1 aliphatic rings. The van der Waals surface area contributed by atoms with Crippen LogP contribution < -0.4 is 10.6 Å². The van der Waals surface area contributed by atoms with Gasteiger partial charge in [-0.3, -0.25) is 4.79 Å². The molecule has 2 heterocycles. The van der Waals surface area contributed by atoms with Crippen LogP contribution in [0.2, 0.25) is 0 Å². The zero-order valence-corrected chi connectivity index (χ0v) is 14.4. The van der Waals surface area contributed by atoms with Gasteiger partial charge in [0.05, 0.1) is 0 Å². The van der Waals surface area contributed by atoms with Gasteiger partial charge in [0.25, 0.3) is 0 Å². The average molecular weight is 327 g/mol. The van der Waals surface area contributed by atoms with Gasteiger partial charge < -0.3 is 15.2 Å². The lowest BCUT2D eigenvalue weighted by Gasteiger charge is -2.12. The van der Waals surface area contributed by atoms with E-state index in [-0.39, 0.29) is 5.91 Å². The molecular weight excluding hydrogens is 302 g/mol. The van der Waals surface area contributed by atoms with Crippen LogP contribution in [0, 0.1) is 6.92 Å². The van der Waals surface area contributed by atoms with Crippen molar-refractivity contribution >= 4 is 11.6 Å². The minimum atomic E-state index is 0.0182. The smallest absolute Gasteiger partial charge is 0.225 e. The van der Waals surface area contributed by atoms with Crippen molar-refractivity contribution in [3.05, 3.63) is 29.6 Å². The van der Waals surface area contributed by atoms with Crippen LogP contribution in [0.5, 0.6) is 0 Å². The molecule has 6 nitrogen and oxygen atoms in total. The Kier molecular flexibility index (Phi) is 5.25. The van der Waals surface area contributed by atoms with Crippen LogP contribution in [0.15, 0.2) is 18.2 Å². The van der Waals surface area contributed by atoms with Crippen LogP contribution in [-0.2, 0) is 17.8 Å². The first-order chi connectivity index (χ1) is 11.7. The van der Waals surface area contributed by atoms with Crippen LogP contribution in [-0.4, -0.2) is 34.3 Å². The van der Waals surface area contributed by atoms with E-state index in [2.05, 4.69) is 31.5 Å². The summed E-state index contributed by atoms with van der Waals surface area (Å²) in [6.45, 7) is 3.64. The van der Waals surface area contributed by atoms with Gasteiger partial charge >= 0.3 is 0 Å². The summed E-state index contributed by atoms with van der Waals surface area (Å²) < 4.78 is 2.23. The number of hydrogen-bond acceptors (Lipinski definition) is 4. The molecule has 2 N–H and O–H groups in total. The van der Waals surface area contributed by atoms with Crippen molar-refractivity contribution in [2.45, 2.75) is 45.6 Å². The summed E-state index contributed by atoms with van der Waals surface area (Å²) in [6.07, 6.45) is 5.03. The Bertz CT molecular complexity index is 722. The molecular formula is C18H25N5O. The second kappa shape index (κ2) is 7.57. The van der Waals surface area contributed by atoms with Gasteiger partial charge in [-0.15, -0.1) is 10.2 Å². The van der Waals surface area contributed by atoms with Gasteiger partial charge in [-0.05, 0) is 38.4 Å². The number of rotatable bonds is 5. The number of nitrogens with one attached hydrogen (secondary N) is 2. The van der Waals surface area contributed by atoms with Gasteiger partial charge in [-0.25, -0.2) is 0 Å². The first-order valence-electron chi connectivity index (χ1n) is 8.66. The summed E-state index contributed by atoms with van der Waals surface area (Å²) in [4.78, 5) is 12.0. The van der Waals surface area contributed by atoms with Crippen molar-refractivity contribution < 1.29 is 4.79 Å². The number of benzene rings is 1. The lowest BCUT2D eigenvalue weighted by Crippen LogP contribution is -2.19. The lowest BCUT2D eigenvalue weighted by molar-refractivity contribution is -0.116. The largest absolute Gasteiger partial charge is 0.326 e. The molecule has 0 aliphatic carbocycles. The SMILES string of the molecule is CNCCC(=O)Nc1cc(-c2nnc3n2CCCCC3)ccc1C. The van der Waals surface area contributed by atoms with Crippen molar-refractivity contribution in [3.8, 4) is 11.4 Å². The van der Waals surface area contributed by atoms with Crippen LogP contribution in [0.25, 0.3) is 11.4 Å². The Morgan fingerprint density at radius 2 is 2.12 bits per heavy atom. The molecule has 0 atom stereocenters. The predicted molar refractivity (Wildman–Crippen MR) is 94.9 cm³/mol. The number of carbonyl (C=O) groups is 1. The van der Waals surface area contributed by atoms with Crippen LogP contribution in [0.4, 0.5) is 5.69 Å². The van der Waals surface area contributed by atoms with Gasteiger partial charge in [-0.2, -0.15) is 0 Å². The second-order valence-corrected chi connectivity index (χ2v) is 6.33. The monoisotopic (exact) mass is 327 g/mol. The zero-order chi connectivity index (χ0) is 16.9. The molecule has 1 aromatic heterocycles. The highest BCUT2D eigenvalue weighted by Gasteiger charge is 2.17. The summed E-state index contributed by atoms with van der Waals surface area (Å²) >= 11 is 0. The number of nitrogens with zero attached hydrogens (tertiary/aromatic N) is 3. The lowest BCUT2D eigenvalue weighted by atomic mass is 10.1. The molecule has 1 aromatic carbocycles. The number of carbonyl (C=O) groups excluding carboxylic acids is 1. The van der Waals surface area contributed by atoms with Gasteiger partial charge in [-0.1, -0.05) is 18.6 Å². The van der Waals surface area contributed by atoms with Crippen molar-refractivity contribution in [1.82, 2.24) is 20.1 Å². The van der Waals surface area contributed by atoms with E-state index in [1.165, 1.54) is 12.8 Å². The number of fused-ring (bicyclic) bond motifs is 1. The molecule has 0 saturated heterocycles. The van der Waals surface area contributed by atoms with E-state index in [1.54, 1.807) is 0 Å². The molecule has 0 fully saturated rings. The molecule has 3 rings (SSSR count). The van der Waals surface area contributed by atoms with E-state index < -0.39 is 0 Å². The fraction of sp³-hybridized carbons (Fsp3) is 0.500. The molecule has 0 bridgehead atoms. The van der Waals surface area contributed by atoms with Crippen LogP contribution in [0.3, 0.4) is 0 Å². The second-order valence-electron chi connectivity index (χ2n) is 6.33. The maximum Gasteiger partial charge on any atom is 0.225 e. The maximum absolute atomic E-state index is 12.0. The van der Waals surface area contributed by atoms with E-state index in [4.69, 9.17) is 0 Å². The molecule has 0 saturated carbocycles. The molecule has 1 amide bonds. The number of aryl methyl sites for hydroxylation is 2. The van der Waals surface area contributed by atoms with E-state index in [0.717, 1.165) is 47.8 Å². The molecule has 0 unspecified atom stereocenters. The standard InChI is InChI=1S/C18H25N5O/c1-13-7-8-14(12-15(13)20-17(24)9-10-19-2)18-22-21-16-6-4-3-5-11-23(16)18/h7-8,12,19H,3-6,9-11H2,1-2H3,(H,20,24). The minimum absolute atomic E-state index is 0.0182. The third-order valence-corrected chi connectivity index (χ3v) is 4.48. The molecule has 128 valence electrons. The predicted octanol–water partition coefficient (Wildman–Crippen LogP) is 2.53. The van der Waals surface area contributed by atoms with Crippen molar-refractivity contribution in [3.63, 3.8) is 0 Å². The number of aromatic nitrogens is 3. The third kappa shape index (κ3) is 3.64. The third-order valence-electron chi connectivity index (χ3n) is 4.48. The first kappa shape index (κ1) is 16.6. The van der Waals surface area contributed by atoms with Gasteiger partial charge in [0.2, 0.25) is 5.91 Å². The highest BCUT2D eigenvalue weighted by Crippen LogP contribution is 2.27. The summed E-state index contributed by atoms with van der Waals surface area (Å²) in [5.74, 6) is 1.99.